The molecule has 1 atom stereocenters. The number of hydrogen-bond acceptors (Lipinski definition) is 3. The number of amides is 2. The number of urea groups is 1. The minimum Gasteiger partial charge on any atom is -0.333 e. The largest absolute Gasteiger partial charge is 0.333 e. The summed E-state index contributed by atoms with van der Waals surface area (Å²) in [5.74, 6) is 0.534. The minimum absolute atomic E-state index is 0.135. The molecule has 0 spiro atoms. The van der Waals surface area contributed by atoms with Gasteiger partial charge in [-0.1, -0.05) is 0 Å². The van der Waals surface area contributed by atoms with Gasteiger partial charge in [0.15, 0.2) is 0 Å². The van der Waals surface area contributed by atoms with E-state index in [-0.39, 0.29) is 17.4 Å². The number of nitrogens with one attached hydrogen (secondary N) is 1. The van der Waals surface area contributed by atoms with Crippen LogP contribution >= 0.6 is 11.6 Å². The van der Waals surface area contributed by atoms with Gasteiger partial charge < -0.3 is 5.32 Å². The van der Waals surface area contributed by atoms with E-state index in [0.717, 1.165) is 0 Å². The minimum atomic E-state index is -0.146. The number of rotatable bonds is 1. The second-order valence-electron chi connectivity index (χ2n) is 3.15. The molecule has 14 heavy (non-hydrogen) atoms. The Morgan fingerprint density at radius 2 is 2.50 bits per heavy atom. The number of halogens is 1. The summed E-state index contributed by atoms with van der Waals surface area (Å²) in [6, 6.07) is 1.65. The number of anilines is 1. The van der Waals surface area contributed by atoms with E-state index in [2.05, 4.69) is 15.3 Å². The predicted molar refractivity (Wildman–Crippen MR) is 52.4 cm³/mol. The van der Waals surface area contributed by atoms with Crippen LogP contribution in [0.3, 0.4) is 0 Å². The van der Waals surface area contributed by atoms with Crippen molar-refractivity contribution in [1.29, 1.82) is 0 Å². The van der Waals surface area contributed by atoms with E-state index in [1.807, 2.05) is 6.92 Å². The summed E-state index contributed by atoms with van der Waals surface area (Å²) < 4.78 is 0. The molecule has 0 aliphatic carbocycles. The third-order valence-electron chi connectivity index (χ3n) is 1.96. The van der Waals surface area contributed by atoms with Crippen LogP contribution in [0.1, 0.15) is 6.92 Å². The number of aromatic nitrogens is 2. The number of carbonyl (C=O) groups is 1. The van der Waals surface area contributed by atoms with E-state index < -0.39 is 0 Å². The van der Waals surface area contributed by atoms with E-state index in [1.54, 1.807) is 6.07 Å². The van der Waals surface area contributed by atoms with Crippen molar-refractivity contribution in [2.75, 3.05) is 11.4 Å². The molecule has 2 rings (SSSR count). The van der Waals surface area contributed by atoms with Crippen LogP contribution in [-0.4, -0.2) is 28.6 Å². The maximum Gasteiger partial charge on any atom is 0.323 e. The SMILES string of the molecule is CC1CN(c2ccnc(Cl)n2)C(=O)N1. The zero-order valence-corrected chi connectivity index (χ0v) is 8.32. The van der Waals surface area contributed by atoms with Gasteiger partial charge in [0.2, 0.25) is 5.28 Å². The van der Waals surface area contributed by atoms with E-state index in [0.29, 0.717) is 12.4 Å². The van der Waals surface area contributed by atoms with Gasteiger partial charge in [-0.3, -0.25) is 4.90 Å². The standard InChI is InChI=1S/C8H9ClN4O/c1-5-4-13(8(14)11-5)6-2-3-10-7(9)12-6/h2-3,5H,4H2,1H3,(H,11,14). The van der Waals surface area contributed by atoms with Crippen LogP contribution in [0, 0.1) is 0 Å². The number of hydrogen-bond donors (Lipinski definition) is 1. The van der Waals surface area contributed by atoms with Gasteiger partial charge in [0.1, 0.15) is 5.82 Å². The molecule has 0 aromatic carbocycles. The van der Waals surface area contributed by atoms with Gasteiger partial charge >= 0.3 is 6.03 Å². The van der Waals surface area contributed by atoms with Crippen molar-refractivity contribution in [2.24, 2.45) is 0 Å². The van der Waals surface area contributed by atoms with Gasteiger partial charge in [0.05, 0.1) is 0 Å². The molecular weight excluding hydrogens is 204 g/mol. The average Bonchev–Trinajstić information content (AvgIpc) is 2.45. The molecule has 2 heterocycles. The molecule has 1 aliphatic heterocycles. The van der Waals surface area contributed by atoms with Gasteiger partial charge in [0, 0.05) is 18.8 Å². The second-order valence-corrected chi connectivity index (χ2v) is 3.48. The Kier molecular flexibility index (Phi) is 2.25. The summed E-state index contributed by atoms with van der Waals surface area (Å²) in [5, 5.41) is 2.92. The van der Waals surface area contributed by atoms with Crippen LogP contribution in [0.4, 0.5) is 10.6 Å². The predicted octanol–water partition coefficient (Wildman–Crippen LogP) is 1.05. The Bertz CT molecular complexity index is 370. The van der Waals surface area contributed by atoms with Gasteiger partial charge in [-0.15, -0.1) is 0 Å². The summed E-state index contributed by atoms with van der Waals surface area (Å²) in [7, 11) is 0. The third-order valence-corrected chi connectivity index (χ3v) is 2.14. The first-order valence-electron chi connectivity index (χ1n) is 4.23. The zero-order chi connectivity index (χ0) is 10.1. The highest BCUT2D eigenvalue weighted by atomic mass is 35.5. The molecule has 1 aromatic heterocycles. The second kappa shape index (κ2) is 3.42. The number of carbonyl (C=O) groups excluding carboxylic acids is 1. The highest BCUT2D eigenvalue weighted by Gasteiger charge is 2.27. The third kappa shape index (κ3) is 1.63. The van der Waals surface area contributed by atoms with Crippen molar-refractivity contribution < 1.29 is 4.79 Å². The van der Waals surface area contributed by atoms with Crippen molar-refractivity contribution in [3.63, 3.8) is 0 Å². The van der Waals surface area contributed by atoms with Crippen molar-refractivity contribution in [2.45, 2.75) is 13.0 Å². The molecule has 0 saturated carbocycles. The normalized spacial score (nSPS) is 21.1. The maximum atomic E-state index is 11.4. The summed E-state index contributed by atoms with van der Waals surface area (Å²) in [6.07, 6.45) is 1.53. The first kappa shape index (κ1) is 9.21. The van der Waals surface area contributed by atoms with Crippen LogP contribution < -0.4 is 10.2 Å². The molecule has 0 bridgehead atoms. The fourth-order valence-electron chi connectivity index (χ4n) is 1.37. The van der Waals surface area contributed by atoms with Gasteiger partial charge in [-0.2, -0.15) is 0 Å². The lowest BCUT2D eigenvalue weighted by atomic mass is 10.3. The summed E-state index contributed by atoms with van der Waals surface area (Å²) >= 11 is 5.63. The summed E-state index contributed by atoms with van der Waals surface area (Å²) in [6.45, 7) is 2.53. The fourth-order valence-corrected chi connectivity index (χ4v) is 1.51. The Hall–Kier alpha value is -1.36. The molecule has 1 N–H and O–H groups in total. The van der Waals surface area contributed by atoms with E-state index in [9.17, 15) is 4.79 Å². The first-order chi connectivity index (χ1) is 6.66. The molecule has 1 aliphatic rings. The topological polar surface area (TPSA) is 58.1 Å². The molecule has 74 valence electrons. The van der Waals surface area contributed by atoms with Gasteiger partial charge in [0.25, 0.3) is 0 Å². The Morgan fingerprint density at radius 1 is 1.71 bits per heavy atom. The average molecular weight is 213 g/mol. The lowest BCUT2D eigenvalue weighted by molar-refractivity contribution is 0.251. The quantitative estimate of drug-likeness (QED) is 0.708. The summed E-state index contributed by atoms with van der Waals surface area (Å²) in [5.41, 5.74) is 0. The van der Waals surface area contributed by atoms with E-state index >= 15 is 0 Å². The lowest BCUT2D eigenvalue weighted by Gasteiger charge is -2.12. The summed E-state index contributed by atoms with van der Waals surface area (Å²) in [4.78, 5) is 20.7. The van der Waals surface area contributed by atoms with Crippen molar-refractivity contribution >= 4 is 23.4 Å². The molecule has 0 radical (unpaired) electrons. The van der Waals surface area contributed by atoms with Gasteiger partial charge in [-0.05, 0) is 24.6 Å². The molecule has 2 amide bonds. The van der Waals surface area contributed by atoms with E-state index in [4.69, 9.17) is 11.6 Å². The maximum absolute atomic E-state index is 11.4. The molecule has 1 saturated heterocycles. The zero-order valence-electron chi connectivity index (χ0n) is 7.57. The first-order valence-corrected chi connectivity index (χ1v) is 4.61. The van der Waals surface area contributed by atoms with Crippen molar-refractivity contribution in [3.8, 4) is 0 Å². The highest BCUT2D eigenvalue weighted by molar-refractivity contribution is 6.28. The van der Waals surface area contributed by atoms with Crippen LogP contribution in [0.2, 0.25) is 5.28 Å². The van der Waals surface area contributed by atoms with Crippen LogP contribution in [0.5, 0.6) is 0 Å². The fraction of sp³-hybridized carbons (Fsp3) is 0.375. The molecular formula is C8H9ClN4O. The van der Waals surface area contributed by atoms with Crippen LogP contribution in [-0.2, 0) is 0 Å². The number of nitrogens with zero attached hydrogens (tertiary/aromatic N) is 3. The van der Waals surface area contributed by atoms with Crippen LogP contribution in [0.25, 0.3) is 0 Å². The Labute approximate surface area is 86.1 Å². The molecule has 1 unspecified atom stereocenters. The smallest absolute Gasteiger partial charge is 0.323 e. The Balaban J connectivity index is 2.27. The molecule has 6 heteroatoms. The molecule has 1 fully saturated rings. The monoisotopic (exact) mass is 212 g/mol. The van der Waals surface area contributed by atoms with E-state index in [1.165, 1.54) is 11.1 Å². The lowest BCUT2D eigenvalue weighted by Crippen LogP contribution is -2.28. The van der Waals surface area contributed by atoms with Gasteiger partial charge in [-0.25, -0.2) is 14.8 Å². The molecule has 5 nitrogen and oxygen atoms in total. The highest BCUT2D eigenvalue weighted by Crippen LogP contribution is 2.16. The Morgan fingerprint density at radius 3 is 3.07 bits per heavy atom. The van der Waals surface area contributed by atoms with Crippen LogP contribution in [0.15, 0.2) is 12.3 Å². The van der Waals surface area contributed by atoms with Crippen molar-refractivity contribution in [1.82, 2.24) is 15.3 Å². The molecule has 1 aromatic rings. The van der Waals surface area contributed by atoms with Crippen molar-refractivity contribution in [3.05, 3.63) is 17.5 Å².